The molecule has 0 atom stereocenters. The van der Waals surface area contributed by atoms with Crippen LogP contribution in [0.3, 0.4) is 0 Å². The normalized spacial score (nSPS) is 13.7. The third-order valence-electron chi connectivity index (χ3n) is 5.68. The van der Waals surface area contributed by atoms with Crippen LogP contribution in [0.4, 0.5) is 5.69 Å². The number of nitrogen functional groups attached to an aromatic ring is 1. The highest BCUT2D eigenvalue weighted by molar-refractivity contribution is 5.98. The van der Waals surface area contributed by atoms with E-state index in [1.54, 1.807) is 35.2 Å². The zero-order chi connectivity index (χ0) is 22.5. The number of anilines is 1. The highest BCUT2D eigenvalue weighted by atomic mass is 16.3. The highest BCUT2D eigenvalue weighted by Crippen LogP contribution is 2.31. The minimum atomic E-state index is -0.306. The maximum absolute atomic E-state index is 12.7. The highest BCUT2D eigenvalue weighted by Gasteiger charge is 2.28. The van der Waals surface area contributed by atoms with Gasteiger partial charge in [-0.25, -0.2) is 0 Å². The smallest absolute Gasteiger partial charge is 0.251 e. The molecule has 2 aromatic carbocycles. The number of nitrogens with zero attached hydrogens (tertiary/aromatic N) is 1. The van der Waals surface area contributed by atoms with Crippen LogP contribution in [0.2, 0.25) is 0 Å². The van der Waals surface area contributed by atoms with E-state index in [-0.39, 0.29) is 42.5 Å². The van der Waals surface area contributed by atoms with Gasteiger partial charge in [0.25, 0.3) is 5.91 Å². The van der Waals surface area contributed by atoms with Crippen molar-refractivity contribution in [2.75, 3.05) is 11.4 Å². The first-order valence-corrected chi connectivity index (χ1v) is 10.4. The molecule has 1 aliphatic rings. The number of rotatable bonds is 7. The summed E-state index contributed by atoms with van der Waals surface area (Å²) in [4.78, 5) is 27.0. The fourth-order valence-electron chi connectivity index (χ4n) is 4.03. The molecule has 1 aliphatic carbocycles. The van der Waals surface area contributed by atoms with Gasteiger partial charge >= 0.3 is 0 Å². The molecule has 1 saturated carbocycles. The number of carbonyl (C=O) groups excluding carboxylic acids is 2. The lowest BCUT2D eigenvalue weighted by Crippen LogP contribution is -2.43. The number of nitrogens with two attached hydrogens (primary N) is 2. The molecule has 7 N–H and O–H groups in total. The summed E-state index contributed by atoms with van der Waals surface area (Å²) in [7, 11) is 0. The van der Waals surface area contributed by atoms with Gasteiger partial charge < -0.3 is 26.8 Å². The summed E-state index contributed by atoms with van der Waals surface area (Å²) in [6, 6.07) is 9.95. The Hall–Kier alpha value is -3.39. The largest absolute Gasteiger partial charge is 0.508 e. The van der Waals surface area contributed by atoms with Crippen molar-refractivity contribution in [3.8, 4) is 5.75 Å². The SMILES string of the molecule is Cc1cc(C(=O)NCc2cc(C(=N)N)ccc2O)ccc1N(C(=O)CN)C1CCCC1. The molecule has 0 bridgehead atoms. The van der Waals surface area contributed by atoms with Crippen LogP contribution in [0.1, 0.15) is 52.7 Å². The monoisotopic (exact) mass is 423 g/mol. The molecule has 0 radical (unpaired) electrons. The van der Waals surface area contributed by atoms with Crippen molar-refractivity contribution in [3.05, 3.63) is 58.7 Å². The zero-order valence-electron chi connectivity index (χ0n) is 17.6. The first-order chi connectivity index (χ1) is 14.8. The number of nitrogens with one attached hydrogen (secondary N) is 2. The van der Waals surface area contributed by atoms with Gasteiger partial charge in [-0.05, 0) is 61.7 Å². The molecule has 0 heterocycles. The molecule has 0 aliphatic heterocycles. The minimum Gasteiger partial charge on any atom is -0.508 e. The predicted molar refractivity (Wildman–Crippen MR) is 120 cm³/mol. The number of carbonyl (C=O) groups is 2. The van der Waals surface area contributed by atoms with E-state index in [9.17, 15) is 14.7 Å². The number of phenols is 1. The van der Waals surface area contributed by atoms with E-state index in [1.165, 1.54) is 6.07 Å². The molecule has 8 heteroatoms. The van der Waals surface area contributed by atoms with Crippen molar-refractivity contribution in [1.29, 1.82) is 5.41 Å². The summed E-state index contributed by atoms with van der Waals surface area (Å²) < 4.78 is 0. The second kappa shape index (κ2) is 9.61. The number of amidine groups is 1. The molecule has 0 saturated heterocycles. The van der Waals surface area contributed by atoms with Gasteiger partial charge in [0, 0.05) is 35.0 Å². The third kappa shape index (κ3) is 5.03. The van der Waals surface area contributed by atoms with Crippen molar-refractivity contribution in [3.63, 3.8) is 0 Å². The Bertz CT molecular complexity index is 999. The Morgan fingerprint density at radius 3 is 2.45 bits per heavy atom. The molecular formula is C23H29N5O3. The van der Waals surface area contributed by atoms with Crippen LogP contribution in [-0.2, 0) is 11.3 Å². The van der Waals surface area contributed by atoms with Crippen molar-refractivity contribution in [2.24, 2.45) is 11.5 Å². The van der Waals surface area contributed by atoms with E-state index in [4.69, 9.17) is 16.9 Å². The summed E-state index contributed by atoms with van der Waals surface area (Å²) in [6.45, 7) is 1.91. The number of hydrogen-bond acceptors (Lipinski definition) is 5. The van der Waals surface area contributed by atoms with Gasteiger partial charge in [0.1, 0.15) is 11.6 Å². The van der Waals surface area contributed by atoms with Gasteiger partial charge in [-0.2, -0.15) is 0 Å². The van der Waals surface area contributed by atoms with Crippen molar-refractivity contribution in [2.45, 2.75) is 45.2 Å². The Balaban J connectivity index is 1.76. The van der Waals surface area contributed by atoms with E-state index in [2.05, 4.69) is 5.32 Å². The minimum absolute atomic E-state index is 0.0179. The van der Waals surface area contributed by atoms with E-state index < -0.39 is 0 Å². The Morgan fingerprint density at radius 1 is 1.16 bits per heavy atom. The number of hydrogen-bond donors (Lipinski definition) is 5. The van der Waals surface area contributed by atoms with Gasteiger partial charge in [0.2, 0.25) is 5.91 Å². The van der Waals surface area contributed by atoms with Crippen LogP contribution in [0.5, 0.6) is 5.75 Å². The van der Waals surface area contributed by atoms with Gasteiger partial charge in [-0.15, -0.1) is 0 Å². The fourth-order valence-corrected chi connectivity index (χ4v) is 4.03. The number of aryl methyl sites for hydroxylation is 1. The summed E-state index contributed by atoms with van der Waals surface area (Å²) >= 11 is 0. The number of benzene rings is 2. The number of amides is 2. The molecule has 2 amide bonds. The topological polar surface area (TPSA) is 146 Å². The van der Waals surface area contributed by atoms with Crippen molar-refractivity contribution < 1.29 is 14.7 Å². The summed E-state index contributed by atoms with van der Waals surface area (Å²) in [5.41, 5.74) is 14.1. The second-order valence-electron chi connectivity index (χ2n) is 7.85. The average Bonchev–Trinajstić information content (AvgIpc) is 3.28. The summed E-state index contributed by atoms with van der Waals surface area (Å²) in [5, 5.41) is 20.3. The maximum Gasteiger partial charge on any atom is 0.251 e. The number of aromatic hydroxyl groups is 1. The lowest BCUT2D eigenvalue weighted by atomic mass is 10.0. The van der Waals surface area contributed by atoms with E-state index in [0.717, 1.165) is 36.9 Å². The van der Waals surface area contributed by atoms with Gasteiger partial charge in [0.15, 0.2) is 0 Å². The molecule has 1 fully saturated rings. The van der Waals surface area contributed by atoms with Crippen LogP contribution < -0.4 is 21.7 Å². The van der Waals surface area contributed by atoms with E-state index in [1.807, 2.05) is 6.92 Å². The second-order valence-corrected chi connectivity index (χ2v) is 7.85. The quantitative estimate of drug-likeness (QED) is 0.342. The summed E-state index contributed by atoms with van der Waals surface area (Å²) in [5.74, 6) is -0.519. The molecule has 3 rings (SSSR count). The molecule has 0 aromatic heterocycles. The molecule has 8 nitrogen and oxygen atoms in total. The van der Waals surface area contributed by atoms with Crippen LogP contribution in [-0.4, -0.2) is 35.3 Å². The standard InChI is InChI=1S/C23H29N5O3/c1-14-10-16(6-8-19(14)28(21(30)12-24)18-4-2-3-5-18)23(31)27-13-17-11-15(22(25)26)7-9-20(17)29/h6-11,18,29H,2-5,12-13,24H2,1H3,(H3,25,26)(H,27,31). The zero-order valence-corrected chi connectivity index (χ0v) is 17.6. The fraction of sp³-hybridized carbons (Fsp3) is 0.348. The molecular weight excluding hydrogens is 394 g/mol. The first kappa shape index (κ1) is 22.3. The van der Waals surface area contributed by atoms with Gasteiger partial charge in [0.05, 0.1) is 6.54 Å². The average molecular weight is 424 g/mol. The van der Waals surface area contributed by atoms with Crippen LogP contribution in [0, 0.1) is 12.3 Å². The van der Waals surface area contributed by atoms with Crippen molar-refractivity contribution >= 4 is 23.3 Å². The van der Waals surface area contributed by atoms with E-state index in [0.29, 0.717) is 16.7 Å². The lowest BCUT2D eigenvalue weighted by molar-refractivity contribution is -0.117. The van der Waals surface area contributed by atoms with Crippen LogP contribution >= 0.6 is 0 Å². The molecule has 2 aromatic rings. The Kier molecular flexibility index (Phi) is 6.91. The van der Waals surface area contributed by atoms with Crippen LogP contribution in [0.25, 0.3) is 0 Å². The number of phenolic OH excluding ortho intramolecular Hbond substituents is 1. The third-order valence-corrected chi connectivity index (χ3v) is 5.68. The first-order valence-electron chi connectivity index (χ1n) is 10.4. The Labute approximate surface area is 181 Å². The van der Waals surface area contributed by atoms with Gasteiger partial charge in [-0.3, -0.25) is 15.0 Å². The van der Waals surface area contributed by atoms with Crippen LogP contribution in [0.15, 0.2) is 36.4 Å². The Morgan fingerprint density at radius 2 is 1.84 bits per heavy atom. The molecule has 0 unspecified atom stereocenters. The predicted octanol–water partition coefficient (Wildman–Crippen LogP) is 2.15. The lowest BCUT2D eigenvalue weighted by Gasteiger charge is -2.30. The molecule has 0 spiro atoms. The van der Waals surface area contributed by atoms with Crippen molar-refractivity contribution in [1.82, 2.24) is 5.32 Å². The molecule has 164 valence electrons. The van der Waals surface area contributed by atoms with E-state index >= 15 is 0 Å². The maximum atomic E-state index is 12.7. The van der Waals surface area contributed by atoms with Gasteiger partial charge in [-0.1, -0.05) is 12.8 Å². The molecule has 31 heavy (non-hydrogen) atoms. The summed E-state index contributed by atoms with van der Waals surface area (Å²) in [6.07, 6.45) is 4.10.